The van der Waals surface area contributed by atoms with Crippen molar-refractivity contribution in [1.82, 2.24) is 0 Å². The Morgan fingerprint density at radius 1 is 0.774 bits per heavy atom. The largest absolute Gasteiger partial charge is 0.479 e. The fraction of sp³-hybridized carbons (Fsp3) is 0.231. The Hall–Kier alpha value is -3.60. The molecule has 0 aliphatic heterocycles. The van der Waals surface area contributed by atoms with Crippen molar-refractivity contribution in [3.8, 4) is 22.6 Å². The molecule has 3 aromatic rings. The van der Waals surface area contributed by atoms with E-state index in [1.54, 1.807) is 38.1 Å². The summed E-state index contributed by atoms with van der Waals surface area (Å²) in [6.07, 6.45) is -0.486. The second-order valence-corrected chi connectivity index (χ2v) is 7.30. The molecule has 5 nitrogen and oxygen atoms in total. The zero-order chi connectivity index (χ0) is 22.2. The van der Waals surface area contributed by atoms with Crippen molar-refractivity contribution in [3.63, 3.8) is 0 Å². The summed E-state index contributed by atoms with van der Waals surface area (Å²) in [5, 5.41) is 0. The first-order chi connectivity index (χ1) is 15.0. The quantitative estimate of drug-likeness (QED) is 0.348. The lowest BCUT2D eigenvalue weighted by molar-refractivity contribution is -0.142. The third-order valence-corrected chi connectivity index (χ3v) is 4.52. The van der Waals surface area contributed by atoms with Gasteiger partial charge in [0.2, 0.25) is 0 Å². The van der Waals surface area contributed by atoms with Crippen LogP contribution in [0.3, 0.4) is 0 Å². The fourth-order valence-electron chi connectivity index (χ4n) is 2.94. The van der Waals surface area contributed by atoms with E-state index >= 15 is 0 Å². The summed E-state index contributed by atoms with van der Waals surface area (Å²) in [7, 11) is 0. The number of hydrogen-bond acceptors (Lipinski definition) is 5. The molecule has 0 aliphatic carbocycles. The normalized spacial score (nSPS) is 11.6. The summed E-state index contributed by atoms with van der Waals surface area (Å²) < 4.78 is 16.4. The van der Waals surface area contributed by atoms with Gasteiger partial charge in [0.15, 0.2) is 6.10 Å². The summed E-state index contributed by atoms with van der Waals surface area (Å²) in [5.41, 5.74) is 2.58. The van der Waals surface area contributed by atoms with Crippen LogP contribution in [0.1, 0.15) is 37.6 Å². The zero-order valence-corrected chi connectivity index (χ0v) is 17.9. The standard InChI is InChI=1S/C26H26O5/c1-4-24(30-22-14-10-20(11-15-22)19-8-6-5-7-9-19)26(28)31-23-16-12-21(13-17-23)25(27)29-18(2)3/h5-18,24H,4H2,1-3H3. The number of esters is 2. The van der Waals surface area contributed by atoms with E-state index in [0.717, 1.165) is 11.1 Å². The van der Waals surface area contributed by atoms with Gasteiger partial charge in [-0.1, -0.05) is 49.4 Å². The molecule has 0 bridgehead atoms. The van der Waals surface area contributed by atoms with E-state index in [0.29, 0.717) is 23.5 Å². The molecule has 0 saturated carbocycles. The molecule has 5 heteroatoms. The van der Waals surface area contributed by atoms with Crippen molar-refractivity contribution in [1.29, 1.82) is 0 Å². The molecule has 0 amide bonds. The van der Waals surface area contributed by atoms with Gasteiger partial charge in [-0.15, -0.1) is 0 Å². The van der Waals surface area contributed by atoms with Gasteiger partial charge in [0.25, 0.3) is 0 Å². The number of ether oxygens (including phenoxy) is 3. The second-order valence-electron chi connectivity index (χ2n) is 7.30. The van der Waals surface area contributed by atoms with Gasteiger partial charge in [-0.25, -0.2) is 9.59 Å². The molecule has 0 fully saturated rings. The predicted molar refractivity (Wildman–Crippen MR) is 119 cm³/mol. The van der Waals surface area contributed by atoms with Crippen LogP contribution in [0.15, 0.2) is 78.9 Å². The number of carbonyl (C=O) groups is 2. The average Bonchev–Trinajstić information content (AvgIpc) is 2.78. The van der Waals surface area contributed by atoms with E-state index < -0.39 is 18.0 Å². The molecule has 0 radical (unpaired) electrons. The molecule has 0 aliphatic rings. The Kier molecular flexibility index (Phi) is 7.44. The van der Waals surface area contributed by atoms with Crippen molar-refractivity contribution >= 4 is 11.9 Å². The van der Waals surface area contributed by atoms with E-state index in [1.165, 1.54) is 0 Å². The molecule has 0 aromatic heterocycles. The summed E-state index contributed by atoms with van der Waals surface area (Å²) in [6, 6.07) is 23.9. The minimum atomic E-state index is -0.742. The molecule has 0 spiro atoms. The van der Waals surface area contributed by atoms with E-state index in [2.05, 4.69) is 0 Å². The number of hydrogen-bond donors (Lipinski definition) is 0. The summed E-state index contributed by atoms with van der Waals surface area (Å²) in [6.45, 7) is 5.43. The Morgan fingerprint density at radius 2 is 1.35 bits per heavy atom. The molecule has 0 saturated heterocycles. The third-order valence-electron chi connectivity index (χ3n) is 4.52. The van der Waals surface area contributed by atoms with Gasteiger partial charge in [0.1, 0.15) is 11.5 Å². The van der Waals surface area contributed by atoms with Gasteiger partial charge < -0.3 is 14.2 Å². The minimum absolute atomic E-state index is 0.200. The Morgan fingerprint density at radius 3 is 1.94 bits per heavy atom. The Labute approximate surface area is 182 Å². The number of carbonyl (C=O) groups excluding carboxylic acids is 2. The first-order valence-electron chi connectivity index (χ1n) is 10.3. The molecule has 0 N–H and O–H groups in total. The van der Waals surface area contributed by atoms with Crippen LogP contribution in [-0.2, 0) is 9.53 Å². The lowest BCUT2D eigenvalue weighted by Crippen LogP contribution is -2.30. The third kappa shape index (κ3) is 6.19. The topological polar surface area (TPSA) is 61.8 Å². The Balaban J connectivity index is 1.60. The van der Waals surface area contributed by atoms with Gasteiger partial charge in [-0.3, -0.25) is 0 Å². The van der Waals surface area contributed by atoms with Crippen LogP contribution in [0.2, 0.25) is 0 Å². The Bertz CT molecular complexity index is 992. The van der Waals surface area contributed by atoms with E-state index in [4.69, 9.17) is 14.2 Å². The molecular weight excluding hydrogens is 392 g/mol. The van der Waals surface area contributed by atoms with Crippen molar-refractivity contribution in [2.45, 2.75) is 39.4 Å². The summed E-state index contributed by atoms with van der Waals surface area (Å²) in [4.78, 5) is 24.5. The molecule has 1 atom stereocenters. The minimum Gasteiger partial charge on any atom is -0.479 e. The lowest BCUT2D eigenvalue weighted by Gasteiger charge is -2.17. The SMILES string of the molecule is CCC(Oc1ccc(-c2ccccc2)cc1)C(=O)Oc1ccc(C(=O)OC(C)C)cc1. The lowest BCUT2D eigenvalue weighted by atomic mass is 10.1. The smallest absolute Gasteiger partial charge is 0.352 e. The second kappa shape index (κ2) is 10.4. The van der Waals surface area contributed by atoms with E-state index in [-0.39, 0.29) is 6.10 Å². The van der Waals surface area contributed by atoms with Gasteiger partial charge in [-0.05, 0) is 67.8 Å². The van der Waals surface area contributed by atoms with Crippen molar-refractivity contribution < 1.29 is 23.8 Å². The molecule has 1 unspecified atom stereocenters. The van der Waals surface area contributed by atoms with Crippen LogP contribution in [0.4, 0.5) is 0 Å². The van der Waals surface area contributed by atoms with Crippen molar-refractivity contribution in [2.24, 2.45) is 0 Å². The highest BCUT2D eigenvalue weighted by Crippen LogP contribution is 2.23. The predicted octanol–water partition coefficient (Wildman–Crippen LogP) is 5.68. The first kappa shape index (κ1) is 22.1. The summed E-state index contributed by atoms with van der Waals surface area (Å²) in [5.74, 6) is 0.0246. The van der Waals surface area contributed by atoms with Gasteiger partial charge in [0.05, 0.1) is 11.7 Å². The fourth-order valence-corrected chi connectivity index (χ4v) is 2.94. The molecule has 3 rings (SSSR count). The maximum atomic E-state index is 12.6. The van der Waals surface area contributed by atoms with Crippen LogP contribution in [-0.4, -0.2) is 24.1 Å². The average molecular weight is 418 g/mol. The van der Waals surface area contributed by atoms with Crippen LogP contribution in [0.25, 0.3) is 11.1 Å². The molecule has 3 aromatic carbocycles. The highest BCUT2D eigenvalue weighted by molar-refractivity contribution is 5.89. The molecule has 160 valence electrons. The van der Waals surface area contributed by atoms with E-state index in [1.807, 2.05) is 61.5 Å². The van der Waals surface area contributed by atoms with Crippen molar-refractivity contribution in [3.05, 3.63) is 84.4 Å². The van der Waals surface area contributed by atoms with Crippen LogP contribution < -0.4 is 9.47 Å². The first-order valence-corrected chi connectivity index (χ1v) is 10.3. The van der Waals surface area contributed by atoms with Crippen LogP contribution >= 0.6 is 0 Å². The van der Waals surface area contributed by atoms with Gasteiger partial charge in [0, 0.05) is 0 Å². The molecular formula is C26H26O5. The maximum Gasteiger partial charge on any atom is 0.352 e. The van der Waals surface area contributed by atoms with Crippen LogP contribution in [0.5, 0.6) is 11.5 Å². The zero-order valence-electron chi connectivity index (χ0n) is 17.9. The highest BCUT2D eigenvalue weighted by Gasteiger charge is 2.21. The van der Waals surface area contributed by atoms with E-state index in [9.17, 15) is 9.59 Å². The molecule has 0 heterocycles. The summed E-state index contributed by atoms with van der Waals surface area (Å²) >= 11 is 0. The van der Waals surface area contributed by atoms with Gasteiger partial charge >= 0.3 is 11.9 Å². The number of benzene rings is 3. The highest BCUT2D eigenvalue weighted by atomic mass is 16.6. The maximum absolute atomic E-state index is 12.6. The number of rotatable bonds is 8. The van der Waals surface area contributed by atoms with Crippen molar-refractivity contribution in [2.75, 3.05) is 0 Å². The van der Waals surface area contributed by atoms with Crippen LogP contribution in [0, 0.1) is 0 Å². The van der Waals surface area contributed by atoms with Gasteiger partial charge in [-0.2, -0.15) is 0 Å². The molecule has 31 heavy (non-hydrogen) atoms. The monoisotopic (exact) mass is 418 g/mol.